The van der Waals surface area contributed by atoms with Gasteiger partial charge in [0.25, 0.3) is 11.7 Å². The number of amides is 1. The van der Waals surface area contributed by atoms with Crippen molar-refractivity contribution in [2.45, 2.75) is 19.9 Å². The van der Waals surface area contributed by atoms with Gasteiger partial charge in [-0.15, -0.1) is 0 Å². The van der Waals surface area contributed by atoms with Crippen molar-refractivity contribution < 1.29 is 29.0 Å². The highest BCUT2D eigenvalue weighted by molar-refractivity contribution is 6.46. The van der Waals surface area contributed by atoms with E-state index in [0.717, 1.165) is 0 Å². The lowest BCUT2D eigenvalue weighted by Crippen LogP contribution is -2.35. The summed E-state index contributed by atoms with van der Waals surface area (Å²) in [6.45, 7) is 8.11. The number of esters is 1. The van der Waals surface area contributed by atoms with Crippen LogP contribution in [0.4, 0.5) is 0 Å². The molecular weight excluding hydrogens is 450 g/mol. The van der Waals surface area contributed by atoms with Crippen LogP contribution in [0.15, 0.2) is 42.5 Å². The number of carbonyl (C=O) groups is 3. The summed E-state index contributed by atoms with van der Waals surface area (Å²) >= 11 is 0. The summed E-state index contributed by atoms with van der Waals surface area (Å²) < 4.78 is 10.4. The molecule has 1 atom stereocenters. The van der Waals surface area contributed by atoms with Crippen molar-refractivity contribution in [3.8, 4) is 5.75 Å². The zero-order chi connectivity index (χ0) is 25.9. The number of aromatic amines is 1. The van der Waals surface area contributed by atoms with Crippen LogP contribution in [0.1, 0.15) is 38.9 Å². The van der Waals surface area contributed by atoms with Crippen LogP contribution < -0.4 is 4.74 Å². The fourth-order valence-corrected chi connectivity index (χ4v) is 4.21. The number of likely N-dealkylation sites (N-methyl/N-ethyl adjacent to an activating group) is 1. The van der Waals surface area contributed by atoms with Gasteiger partial charge in [-0.05, 0) is 51.2 Å². The number of Topliss-reactive ketones (excluding diaryl/α,β-unsaturated/α-hetero) is 1. The maximum Gasteiger partial charge on any atom is 0.354 e. The average Bonchev–Trinajstić information content (AvgIpc) is 3.27. The first-order valence-corrected chi connectivity index (χ1v) is 11.2. The first-order valence-electron chi connectivity index (χ1n) is 11.2. The summed E-state index contributed by atoms with van der Waals surface area (Å²) in [5, 5.41) is 11.4. The molecule has 0 radical (unpaired) electrons. The molecule has 2 aromatic rings. The van der Waals surface area contributed by atoms with Gasteiger partial charge in [0, 0.05) is 24.3 Å². The average molecular weight is 482 g/mol. The number of H-pyrrole nitrogens is 1. The monoisotopic (exact) mass is 481 g/mol. The first-order chi connectivity index (χ1) is 16.6. The van der Waals surface area contributed by atoms with Crippen molar-refractivity contribution >= 4 is 23.4 Å². The number of aliphatic hydroxyl groups excluding tert-OH is 1. The van der Waals surface area contributed by atoms with Crippen LogP contribution >= 0.6 is 0 Å². The van der Waals surface area contributed by atoms with E-state index in [1.165, 1.54) is 12.0 Å². The second kappa shape index (κ2) is 10.6. The lowest BCUT2D eigenvalue weighted by atomic mass is 9.94. The van der Waals surface area contributed by atoms with E-state index in [2.05, 4.69) is 11.6 Å². The third-order valence-electron chi connectivity index (χ3n) is 5.96. The minimum atomic E-state index is -0.807. The topological polar surface area (TPSA) is 112 Å². The van der Waals surface area contributed by atoms with Crippen LogP contribution in [0, 0.1) is 13.8 Å². The molecule has 1 saturated heterocycles. The van der Waals surface area contributed by atoms with Gasteiger partial charge < -0.3 is 29.4 Å². The van der Waals surface area contributed by atoms with E-state index in [1.807, 2.05) is 19.0 Å². The molecule has 186 valence electrons. The van der Waals surface area contributed by atoms with Gasteiger partial charge in [-0.25, -0.2) is 4.79 Å². The van der Waals surface area contributed by atoms with E-state index in [9.17, 15) is 19.5 Å². The Morgan fingerprint density at radius 3 is 2.46 bits per heavy atom. The van der Waals surface area contributed by atoms with E-state index in [4.69, 9.17) is 9.47 Å². The normalized spacial score (nSPS) is 17.2. The fraction of sp³-hybridized carbons (Fsp3) is 0.346. The Kier molecular flexibility index (Phi) is 7.81. The van der Waals surface area contributed by atoms with Gasteiger partial charge in [-0.1, -0.05) is 24.8 Å². The number of methoxy groups -OCH3 is 1. The van der Waals surface area contributed by atoms with Crippen molar-refractivity contribution in [2.24, 2.45) is 0 Å². The van der Waals surface area contributed by atoms with E-state index < -0.39 is 23.7 Å². The molecule has 1 aromatic carbocycles. The number of rotatable bonds is 9. The third kappa shape index (κ3) is 5.00. The molecule has 3 rings (SSSR count). The van der Waals surface area contributed by atoms with E-state index in [-0.39, 0.29) is 23.6 Å². The van der Waals surface area contributed by atoms with Crippen LogP contribution in [-0.2, 0) is 14.3 Å². The van der Waals surface area contributed by atoms with Crippen molar-refractivity contribution in [3.63, 3.8) is 0 Å². The van der Waals surface area contributed by atoms with Crippen LogP contribution in [0.5, 0.6) is 5.75 Å². The smallest absolute Gasteiger partial charge is 0.354 e. The summed E-state index contributed by atoms with van der Waals surface area (Å²) in [7, 11) is 5.01. The number of aryl methyl sites for hydroxylation is 1. The highest BCUT2D eigenvalue weighted by atomic mass is 16.5. The van der Waals surface area contributed by atoms with E-state index >= 15 is 0 Å². The Labute approximate surface area is 204 Å². The molecule has 9 nitrogen and oxygen atoms in total. The zero-order valence-corrected chi connectivity index (χ0v) is 20.7. The lowest BCUT2D eigenvalue weighted by Gasteiger charge is -2.26. The SMILES string of the molecule is C=CCOc1ccc(C2/C(=C(/O)c3c(C)[nH]c(C(=O)OC)c3C)C(=O)C(=O)N2CCN(C)C)cc1. The summed E-state index contributed by atoms with van der Waals surface area (Å²) in [5.41, 5.74) is 2.00. The van der Waals surface area contributed by atoms with E-state index in [1.54, 1.807) is 44.2 Å². The summed E-state index contributed by atoms with van der Waals surface area (Å²) in [4.78, 5) is 44.7. The molecule has 1 fully saturated rings. The molecule has 1 amide bonds. The van der Waals surface area contributed by atoms with Gasteiger partial charge in [0.1, 0.15) is 23.8 Å². The number of nitrogens with one attached hydrogen (secondary N) is 1. The van der Waals surface area contributed by atoms with Crippen molar-refractivity contribution in [1.29, 1.82) is 0 Å². The molecular formula is C26H31N3O6. The molecule has 1 aromatic heterocycles. The van der Waals surface area contributed by atoms with Crippen molar-refractivity contribution in [1.82, 2.24) is 14.8 Å². The first kappa shape index (κ1) is 25.8. The van der Waals surface area contributed by atoms with Gasteiger partial charge in [-0.2, -0.15) is 0 Å². The summed E-state index contributed by atoms with van der Waals surface area (Å²) in [6, 6.07) is 6.21. The Morgan fingerprint density at radius 1 is 1.23 bits per heavy atom. The summed E-state index contributed by atoms with van der Waals surface area (Å²) in [6.07, 6.45) is 1.63. The number of aromatic nitrogens is 1. The van der Waals surface area contributed by atoms with Gasteiger partial charge in [0.15, 0.2) is 0 Å². The molecule has 35 heavy (non-hydrogen) atoms. The minimum Gasteiger partial charge on any atom is -0.507 e. The Morgan fingerprint density at radius 2 is 1.89 bits per heavy atom. The zero-order valence-electron chi connectivity index (χ0n) is 20.7. The number of carbonyl (C=O) groups excluding carboxylic acids is 3. The van der Waals surface area contributed by atoms with Crippen LogP contribution in [-0.4, -0.2) is 78.5 Å². The second-order valence-corrected chi connectivity index (χ2v) is 8.58. The predicted octanol–water partition coefficient (Wildman–Crippen LogP) is 2.97. The highest BCUT2D eigenvalue weighted by Gasteiger charge is 2.46. The standard InChI is InChI=1S/C26H31N3O6/c1-7-14-35-18-10-8-17(9-11-18)22-20(24(31)25(32)29(22)13-12-28(4)5)23(30)19-15(2)21(26(33)34-6)27-16(19)3/h7-11,22,27,30H,1,12-14H2,2-6H3/b23-20-. The number of ether oxygens (including phenoxy) is 2. The molecule has 1 unspecified atom stereocenters. The van der Waals surface area contributed by atoms with Crippen LogP contribution in [0.3, 0.4) is 0 Å². The third-order valence-corrected chi connectivity index (χ3v) is 5.96. The molecule has 1 aliphatic rings. The van der Waals surface area contributed by atoms with E-state index in [0.29, 0.717) is 41.3 Å². The molecule has 1 aliphatic heterocycles. The Hall–Kier alpha value is -3.85. The second-order valence-electron chi connectivity index (χ2n) is 8.58. The molecule has 2 N–H and O–H groups in total. The maximum atomic E-state index is 13.2. The van der Waals surface area contributed by atoms with Gasteiger partial charge in [-0.3, -0.25) is 9.59 Å². The number of likely N-dealkylation sites (tertiary alicyclic amines) is 1. The minimum absolute atomic E-state index is 0.0323. The maximum absolute atomic E-state index is 13.2. The highest BCUT2D eigenvalue weighted by Crippen LogP contribution is 2.41. The van der Waals surface area contributed by atoms with Gasteiger partial charge >= 0.3 is 5.97 Å². The molecule has 9 heteroatoms. The summed E-state index contributed by atoms with van der Waals surface area (Å²) in [5.74, 6) is -1.79. The predicted molar refractivity (Wildman–Crippen MR) is 131 cm³/mol. The number of nitrogens with zero attached hydrogens (tertiary/aromatic N) is 2. The molecule has 0 bridgehead atoms. The largest absolute Gasteiger partial charge is 0.507 e. The fourth-order valence-electron chi connectivity index (χ4n) is 4.21. The number of hydrogen-bond acceptors (Lipinski definition) is 7. The van der Waals surface area contributed by atoms with Gasteiger partial charge in [0.05, 0.1) is 18.7 Å². The Bertz CT molecular complexity index is 1180. The molecule has 0 aliphatic carbocycles. The number of ketones is 1. The van der Waals surface area contributed by atoms with Crippen LogP contribution in [0.2, 0.25) is 0 Å². The molecule has 2 heterocycles. The Balaban J connectivity index is 2.17. The lowest BCUT2D eigenvalue weighted by molar-refractivity contribution is -0.140. The number of aliphatic hydroxyl groups is 1. The molecule has 0 spiro atoms. The van der Waals surface area contributed by atoms with Gasteiger partial charge in [0.2, 0.25) is 0 Å². The number of hydrogen-bond donors (Lipinski definition) is 2. The quantitative estimate of drug-likeness (QED) is 0.186. The van der Waals surface area contributed by atoms with Crippen LogP contribution in [0.25, 0.3) is 5.76 Å². The van der Waals surface area contributed by atoms with Crippen molar-refractivity contribution in [3.05, 3.63) is 70.6 Å². The van der Waals surface area contributed by atoms with Crippen molar-refractivity contribution in [2.75, 3.05) is 40.9 Å². The molecule has 0 saturated carbocycles. The number of benzene rings is 1.